The Hall–Kier alpha value is -0.860. The fraction of sp³-hybridized carbons (Fsp3) is 0.857. The van der Waals surface area contributed by atoms with Crippen LogP contribution in [0, 0.1) is 0 Å². The maximum absolute atomic E-state index is 11.8. The third kappa shape index (κ3) is 1.06. The summed E-state index contributed by atoms with van der Waals surface area (Å²) in [6.07, 6.45) is -0.866. The van der Waals surface area contributed by atoms with Gasteiger partial charge in [0.15, 0.2) is 0 Å². The molecule has 0 spiro atoms. The average molecular weight is 234 g/mol. The average Bonchev–Trinajstić information content (AvgIpc) is 2.49. The highest BCUT2D eigenvalue weighted by molar-refractivity contribution is 7.87. The van der Waals surface area contributed by atoms with Crippen LogP contribution >= 0.6 is 0 Å². The fourth-order valence-corrected chi connectivity index (χ4v) is 3.67. The molecular formula is C7H14N4O3S. The second-order valence-corrected chi connectivity index (χ2v) is 5.92. The van der Waals surface area contributed by atoms with Gasteiger partial charge in [0.05, 0.1) is 0 Å². The Morgan fingerprint density at radius 3 is 1.60 bits per heavy atom. The second kappa shape index (κ2) is 2.83. The predicted octanol–water partition coefficient (Wildman–Crippen LogP) is -1.24. The van der Waals surface area contributed by atoms with Crippen LogP contribution in [-0.4, -0.2) is 73.4 Å². The van der Waals surface area contributed by atoms with Crippen LogP contribution in [0.5, 0.6) is 0 Å². The molecule has 0 aromatic rings. The van der Waals surface area contributed by atoms with Crippen molar-refractivity contribution in [3.8, 4) is 0 Å². The number of carbonyl (C=O) groups excluding carboxylic acids is 1. The van der Waals surface area contributed by atoms with Crippen molar-refractivity contribution in [2.45, 2.75) is 12.3 Å². The summed E-state index contributed by atoms with van der Waals surface area (Å²) in [6, 6.07) is -0.168. The minimum Gasteiger partial charge on any atom is -0.307 e. The molecule has 0 radical (unpaired) electrons. The molecule has 2 aliphatic rings. The summed E-state index contributed by atoms with van der Waals surface area (Å²) in [7, 11) is 2.76. The smallest absolute Gasteiger partial charge is 0.307 e. The molecular weight excluding hydrogens is 220 g/mol. The van der Waals surface area contributed by atoms with Crippen molar-refractivity contribution in [2.75, 3.05) is 28.2 Å². The molecule has 2 aliphatic heterocycles. The maximum Gasteiger partial charge on any atom is 0.322 e. The van der Waals surface area contributed by atoms with Crippen LogP contribution in [0.15, 0.2) is 0 Å². The molecule has 86 valence electrons. The molecule has 0 aliphatic carbocycles. The number of fused-ring (bicyclic) bond motifs is 1. The van der Waals surface area contributed by atoms with Gasteiger partial charge in [-0.1, -0.05) is 0 Å². The summed E-state index contributed by atoms with van der Waals surface area (Å²) in [5.74, 6) is 0. The second-order valence-electron chi connectivity index (χ2n) is 3.87. The van der Waals surface area contributed by atoms with E-state index in [0.29, 0.717) is 0 Å². The summed E-state index contributed by atoms with van der Waals surface area (Å²) in [4.78, 5) is 14.5. The van der Waals surface area contributed by atoms with Crippen LogP contribution in [0.25, 0.3) is 0 Å². The van der Waals surface area contributed by atoms with Gasteiger partial charge in [-0.3, -0.25) is 0 Å². The summed E-state index contributed by atoms with van der Waals surface area (Å²) in [5, 5.41) is 0. The quantitative estimate of drug-likeness (QED) is 0.526. The molecule has 15 heavy (non-hydrogen) atoms. The highest BCUT2D eigenvalue weighted by atomic mass is 32.2. The van der Waals surface area contributed by atoms with Gasteiger partial charge >= 0.3 is 6.03 Å². The Labute approximate surface area is 89.0 Å². The first-order valence-corrected chi connectivity index (χ1v) is 5.90. The molecule has 2 atom stereocenters. The summed E-state index contributed by atoms with van der Waals surface area (Å²) in [6.45, 7) is 0. The SMILES string of the molecule is CN1C(=O)N(C)[C@@H]2[C@H]1N(C)S(=O)(=O)N2C. The Kier molecular flexibility index (Phi) is 2.01. The molecule has 2 saturated heterocycles. The zero-order chi connectivity index (χ0) is 11.5. The van der Waals surface area contributed by atoms with E-state index in [2.05, 4.69) is 0 Å². The first-order chi connectivity index (χ1) is 6.80. The van der Waals surface area contributed by atoms with Gasteiger partial charge in [0.25, 0.3) is 10.2 Å². The van der Waals surface area contributed by atoms with E-state index in [1.807, 2.05) is 0 Å². The van der Waals surface area contributed by atoms with Crippen molar-refractivity contribution in [3.63, 3.8) is 0 Å². The first-order valence-electron chi connectivity index (χ1n) is 4.50. The number of amides is 2. The van der Waals surface area contributed by atoms with Gasteiger partial charge in [-0.25, -0.2) is 4.79 Å². The van der Waals surface area contributed by atoms with Crippen LogP contribution in [0.2, 0.25) is 0 Å². The number of hydrogen-bond acceptors (Lipinski definition) is 3. The van der Waals surface area contributed by atoms with Crippen molar-refractivity contribution in [2.24, 2.45) is 0 Å². The maximum atomic E-state index is 11.8. The molecule has 8 heteroatoms. The monoisotopic (exact) mass is 234 g/mol. The van der Waals surface area contributed by atoms with E-state index in [0.717, 1.165) is 0 Å². The molecule has 2 amide bonds. The van der Waals surface area contributed by atoms with Crippen molar-refractivity contribution in [3.05, 3.63) is 0 Å². The Bertz CT molecular complexity index is 378. The number of carbonyl (C=O) groups is 1. The molecule has 0 aromatic heterocycles. The molecule has 0 bridgehead atoms. The highest BCUT2D eigenvalue weighted by Gasteiger charge is 2.57. The fourth-order valence-electron chi connectivity index (χ4n) is 2.21. The van der Waals surface area contributed by atoms with Crippen molar-refractivity contribution in [1.29, 1.82) is 0 Å². The van der Waals surface area contributed by atoms with E-state index in [1.165, 1.54) is 32.5 Å². The standard InChI is InChI=1S/C7H14N4O3S/c1-8-5-6(9(2)7(8)12)11(4)15(13,14)10(5)3/h5-6H,1-4H3/t5-,6+. The van der Waals surface area contributed by atoms with Gasteiger partial charge in [-0.2, -0.15) is 17.0 Å². The zero-order valence-electron chi connectivity index (χ0n) is 9.08. The van der Waals surface area contributed by atoms with E-state index < -0.39 is 22.5 Å². The van der Waals surface area contributed by atoms with Crippen molar-refractivity contribution >= 4 is 16.2 Å². The number of likely N-dealkylation sites (N-methyl/N-ethyl adjacent to an activating group) is 4. The summed E-state index contributed by atoms with van der Waals surface area (Å²) >= 11 is 0. The summed E-state index contributed by atoms with van der Waals surface area (Å²) < 4.78 is 26.0. The third-order valence-electron chi connectivity index (χ3n) is 3.14. The van der Waals surface area contributed by atoms with Crippen LogP contribution < -0.4 is 0 Å². The largest absolute Gasteiger partial charge is 0.322 e. The minimum atomic E-state index is -3.42. The number of rotatable bonds is 0. The molecule has 0 aromatic carbocycles. The van der Waals surface area contributed by atoms with E-state index >= 15 is 0 Å². The predicted molar refractivity (Wildman–Crippen MR) is 52.9 cm³/mol. The minimum absolute atomic E-state index is 0.168. The van der Waals surface area contributed by atoms with E-state index in [1.54, 1.807) is 14.1 Å². The van der Waals surface area contributed by atoms with E-state index in [4.69, 9.17) is 0 Å². The van der Waals surface area contributed by atoms with E-state index in [-0.39, 0.29) is 6.03 Å². The molecule has 0 saturated carbocycles. The van der Waals surface area contributed by atoms with Crippen LogP contribution in [0.3, 0.4) is 0 Å². The van der Waals surface area contributed by atoms with Gasteiger partial charge in [0, 0.05) is 28.2 Å². The number of urea groups is 1. The van der Waals surface area contributed by atoms with Gasteiger partial charge < -0.3 is 9.80 Å². The Morgan fingerprint density at radius 1 is 0.933 bits per heavy atom. The topological polar surface area (TPSA) is 64.2 Å². The first kappa shape index (κ1) is 10.7. The third-order valence-corrected chi connectivity index (χ3v) is 5.02. The summed E-state index contributed by atoms with van der Waals surface area (Å²) in [5.41, 5.74) is 0. The van der Waals surface area contributed by atoms with Crippen molar-refractivity contribution < 1.29 is 13.2 Å². The lowest BCUT2D eigenvalue weighted by molar-refractivity contribution is 0.171. The van der Waals surface area contributed by atoms with E-state index in [9.17, 15) is 13.2 Å². The highest BCUT2D eigenvalue weighted by Crippen LogP contribution is 2.34. The molecule has 2 fully saturated rings. The lowest BCUT2D eigenvalue weighted by atomic mass is 10.4. The molecule has 2 rings (SSSR count). The molecule has 0 N–H and O–H groups in total. The van der Waals surface area contributed by atoms with Gasteiger partial charge in [-0.05, 0) is 0 Å². The lowest BCUT2D eigenvalue weighted by Crippen LogP contribution is -2.42. The zero-order valence-corrected chi connectivity index (χ0v) is 9.89. The van der Waals surface area contributed by atoms with Gasteiger partial charge in [0.2, 0.25) is 0 Å². The molecule has 2 heterocycles. The number of hydrogen-bond donors (Lipinski definition) is 0. The van der Waals surface area contributed by atoms with Crippen LogP contribution in [0.4, 0.5) is 4.79 Å². The van der Waals surface area contributed by atoms with Gasteiger partial charge in [0.1, 0.15) is 12.3 Å². The Balaban J connectivity index is 2.50. The van der Waals surface area contributed by atoms with Crippen LogP contribution in [-0.2, 0) is 10.2 Å². The number of nitrogens with zero attached hydrogens (tertiary/aromatic N) is 4. The molecule has 7 nitrogen and oxygen atoms in total. The van der Waals surface area contributed by atoms with Gasteiger partial charge in [-0.15, -0.1) is 0 Å². The Morgan fingerprint density at radius 2 is 1.27 bits per heavy atom. The molecule has 0 unspecified atom stereocenters. The lowest BCUT2D eigenvalue weighted by Gasteiger charge is -2.22. The normalized spacial score (nSPS) is 36.4. The van der Waals surface area contributed by atoms with Crippen molar-refractivity contribution in [1.82, 2.24) is 18.4 Å². The van der Waals surface area contributed by atoms with Crippen LogP contribution in [0.1, 0.15) is 0 Å².